The zero-order valence-electron chi connectivity index (χ0n) is 12.2. The van der Waals surface area contributed by atoms with Crippen molar-refractivity contribution in [1.29, 1.82) is 0 Å². The van der Waals surface area contributed by atoms with Gasteiger partial charge in [-0.3, -0.25) is 4.90 Å². The SMILES string of the molecule is CCC1(C)CNC(C2CC2)CN1CCc1ccsc1. The highest BCUT2D eigenvalue weighted by Gasteiger charge is 2.41. The van der Waals surface area contributed by atoms with Crippen molar-refractivity contribution >= 4 is 11.3 Å². The second-order valence-corrected chi connectivity index (χ2v) is 7.28. The van der Waals surface area contributed by atoms with Gasteiger partial charge in [-0.05, 0) is 60.9 Å². The van der Waals surface area contributed by atoms with Crippen LogP contribution in [0.2, 0.25) is 0 Å². The van der Waals surface area contributed by atoms with Gasteiger partial charge in [-0.2, -0.15) is 11.3 Å². The third kappa shape index (κ3) is 3.04. The van der Waals surface area contributed by atoms with Crippen molar-refractivity contribution in [3.05, 3.63) is 22.4 Å². The Morgan fingerprint density at radius 3 is 2.95 bits per heavy atom. The number of rotatable bonds is 5. The molecular weight excluding hydrogens is 252 g/mol. The summed E-state index contributed by atoms with van der Waals surface area (Å²) in [5.41, 5.74) is 1.85. The molecule has 1 saturated heterocycles. The molecule has 2 heterocycles. The second-order valence-electron chi connectivity index (χ2n) is 6.50. The van der Waals surface area contributed by atoms with Gasteiger partial charge in [0, 0.05) is 31.2 Å². The summed E-state index contributed by atoms with van der Waals surface area (Å²) in [4.78, 5) is 2.75. The molecule has 1 saturated carbocycles. The summed E-state index contributed by atoms with van der Waals surface area (Å²) in [6.07, 6.45) is 5.33. The minimum absolute atomic E-state index is 0.349. The van der Waals surface area contributed by atoms with Crippen LogP contribution >= 0.6 is 11.3 Å². The number of hydrogen-bond acceptors (Lipinski definition) is 3. The van der Waals surface area contributed by atoms with E-state index in [9.17, 15) is 0 Å². The molecule has 0 amide bonds. The molecule has 0 bridgehead atoms. The number of nitrogens with one attached hydrogen (secondary N) is 1. The molecule has 1 aromatic heterocycles. The number of nitrogens with zero attached hydrogens (tertiary/aromatic N) is 1. The van der Waals surface area contributed by atoms with E-state index in [0.29, 0.717) is 5.54 Å². The predicted molar refractivity (Wildman–Crippen MR) is 82.8 cm³/mol. The van der Waals surface area contributed by atoms with Gasteiger partial charge in [0.05, 0.1) is 0 Å². The lowest BCUT2D eigenvalue weighted by Gasteiger charge is -2.48. The van der Waals surface area contributed by atoms with Crippen LogP contribution in [0.5, 0.6) is 0 Å². The first-order chi connectivity index (χ1) is 9.21. The Morgan fingerprint density at radius 1 is 1.47 bits per heavy atom. The Bertz CT molecular complexity index is 399. The quantitative estimate of drug-likeness (QED) is 0.890. The average molecular weight is 278 g/mol. The van der Waals surface area contributed by atoms with Crippen molar-refractivity contribution in [2.45, 2.75) is 51.1 Å². The summed E-state index contributed by atoms with van der Waals surface area (Å²) in [6, 6.07) is 3.02. The summed E-state index contributed by atoms with van der Waals surface area (Å²) in [6.45, 7) is 8.38. The number of thiophene rings is 1. The highest BCUT2D eigenvalue weighted by molar-refractivity contribution is 7.07. The molecule has 2 fully saturated rings. The van der Waals surface area contributed by atoms with Crippen molar-refractivity contribution in [1.82, 2.24) is 10.2 Å². The van der Waals surface area contributed by atoms with Crippen LogP contribution in [0.4, 0.5) is 0 Å². The van der Waals surface area contributed by atoms with E-state index in [1.807, 2.05) is 11.3 Å². The Morgan fingerprint density at radius 2 is 2.32 bits per heavy atom. The topological polar surface area (TPSA) is 15.3 Å². The van der Waals surface area contributed by atoms with E-state index in [2.05, 4.69) is 40.9 Å². The van der Waals surface area contributed by atoms with Crippen molar-refractivity contribution < 1.29 is 0 Å². The Balaban J connectivity index is 1.62. The van der Waals surface area contributed by atoms with Crippen LogP contribution in [-0.2, 0) is 6.42 Å². The molecule has 2 aliphatic rings. The van der Waals surface area contributed by atoms with Crippen LogP contribution < -0.4 is 5.32 Å². The van der Waals surface area contributed by atoms with Gasteiger partial charge in [-0.25, -0.2) is 0 Å². The van der Waals surface area contributed by atoms with Crippen molar-refractivity contribution in [2.75, 3.05) is 19.6 Å². The third-order valence-electron chi connectivity index (χ3n) is 5.13. The van der Waals surface area contributed by atoms with E-state index in [-0.39, 0.29) is 0 Å². The van der Waals surface area contributed by atoms with Crippen molar-refractivity contribution in [3.8, 4) is 0 Å². The standard InChI is InChI=1S/C16H26N2S/c1-3-16(2)12-17-15(14-4-5-14)10-18(16)8-6-13-7-9-19-11-13/h7,9,11,14-15,17H,3-6,8,10,12H2,1-2H3. The Kier molecular flexibility index (Phi) is 3.97. The average Bonchev–Trinajstić information content (AvgIpc) is 3.14. The van der Waals surface area contributed by atoms with Gasteiger partial charge >= 0.3 is 0 Å². The lowest BCUT2D eigenvalue weighted by atomic mass is 9.90. The second kappa shape index (κ2) is 5.55. The molecule has 0 spiro atoms. The van der Waals surface area contributed by atoms with Crippen LogP contribution in [-0.4, -0.2) is 36.1 Å². The summed E-state index contributed by atoms with van der Waals surface area (Å²) >= 11 is 1.82. The monoisotopic (exact) mass is 278 g/mol. The molecule has 1 aliphatic heterocycles. The molecular formula is C16H26N2S. The van der Waals surface area contributed by atoms with E-state index < -0.39 is 0 Å². The molecule has 1 N–H and O–H groups in total. The molecule has 106 valence electrons. The van der Waals surface area contributed by atoms with Gasteiger partial charge in [0.15, 0.2) is 0 Å². The lowest BCUT2D eigenvalue weighted by Crippen LogP contribution is -2.63. The first-order valence-electron chi connectivity index (χ1n) is 7.71. The summed E-state index contributed by atoms with van der Waals surface area (Å²) in [5.74, 6) is 0.963. The molecule has 19 heavy (non-hydrogen) atoms. The fourth-order valence-electron chi connectivity index (χ4n) is 3.21. The minimum atomic E-state index is 0.349. The van der Waals surface area contributed by atoms with E-state index in [0.717, 1.165) is 18.5 Å². The smallest absolute Gasteiger partial charge is 0.0304 e. The Hall–Kier alpha value is -0.380. The molecule has 0 aromatic carbocycles. The molecule has 1 aliphatic carbocycles. The third-order valence-corrected chi connectivity index (χ3v) is 5.86. The first kappa shape index (κ1) is 13.6. The van der Waals surface area contributed by atoms with Gasteiger partial charge in [0.2, 0.25) is 0 Å². The van der Waals surface area contributed by atoms with Crippen molar-refractivity contribution in [2.24, 2.45) is 5.92 Å². The number of piperazine rings is 1. The molecule has 1 aromatic rings. The lowest BCUT2D eigenvalue weighted by molar-refractivity contribution is 0.0452. The number of hydrogen-bond donors (Lipinski definition) is 1. The minimum Gasteiger partial charge on any atom is -0.311 e. The zero-order valence-corrected chi connectivity index (χ0v) is 13.0. The molecule has 2 unspecified atom stereocenters. The fourth-order valence-corrected chi connectivity index (χ4v) is 3.91. The van der Waals surface area contributed by atoms with Gasteiger partial charge < -0.3 is 5.32 Å². The first-order valence-corrected chi connectivity index (χ1v) is 8.65. The summed E-state index contributed by atoms with van der Waals surface area (Å²) in [7, 11) is 0. The van der Waals surface area contributed by atoms with E-state index in [1.165, 1.54) is 44.3 Å². The summed E-state index contributed by atoms with van der Waals surface area (Å²) < 4.78 is 0. The van der Waals surface area contributed by atoms with Crippen LogP contribution in [0.15, 0.2) is 16.8 Å². The van der Waals surface area contributed by atoms with E-state index in [4.69, 9.17) is 0 Å². The van der Waals surface area contributed by atoms with Crippen molar-refractivity contribution in [3.63, 3.8) is 0 Å². The van der Waals surface area contributed by atoms with E-state index in [1.54, 1.807) is 0 Å². The Labute approximate surface area is 121 Å². The maximum atomic E-state index is 3.81. The highest BCUT2D eigenvalue weighted by Crippen LogP contribution is 2.36. The fraction of sp³-hybridized carbons (Fsp3) is 0.750. The molecule has 2 atom stereocenters. The predicted octanol–water partition coefficient (Wildman–Crippen LogP) is 3.14. The maximum Gasteiger partial charge on any atom is 0.0304 e. The van der Waals surface area contributed by atoms with E-state index >= 15 is 0 Å². The normalized spacial score (nSPS) is 32.6. The largest absolute Gasteiger partial charge is 0.311 e. The van der Waals surface area contributed by atoms with Gasteiger partial charge in [-0.1, -0.05) is 6.92 Å². The molecule has 0 radical (unpaired) electrons. The van der Waals surface area contributed by atoms with Crippen LogP contribution in [0, 0.1) is 5.92 Å². The van der Waals surface area contributed by atoms with Crippen LogP contribution in [0.1, 0.15) is 38.7 Å². The highest BCUT2D eigenvalue weighted by atomic mass is 32.1. The molecule has 3 rings (SSSR count). The zero-order chi connectivity index (χ0) is 13.3. The summed E-state index contributed by atoms with van der Waals surface area (Å²) in [5, 5.41) is 8.30. The van der Waals surface area contributed by atoms with Crippen LogP contribution in [0.25, 0.3) is 0 Å². The van der Waals surface area contributed by atoms with Crippen LogP contribution in [0.3, 0.4) is 0 Å². The van der Waals surface area contributed by atoms with Gasteiger partial charge in [-0.15, -0.1) is 0 Å². The van der Waals surface area contributed by atoms with Gasteiger partial charge in [0.1, 0.15) is 0 Å². The molecule has 3 heteroatoms. The maximum absolute atomic E-state index is 3.81. The molecule has 2 nitrogen and oxygen atoms in total. The van der Waals surface area contributed by atoms with Gasteiger partial charge in [0.25, 0.3) is 0 Å².